The zero-order chi connectivity index (χ0) is 17.7. The summed E-state index contributed by atoms with van der Waals surface area (Å²) in [5.41, 5.74) is 4.10. The summed E-state index contributed by atoms with van der Waals surface area (Å²) >= 11 is 0. The van der Waals surface area contributed by atoms with Crippen LogP contribution in [0.5, 0.6) is 0 Å². The van der Waals surface area contributed by atoms with Crippen molar-refractivity contribution in [3.05, 3.63) is 35.5 Å². The Morgan fingerprint density at radius 3 is 3.00 bits per heavy atom. The van der Waals surface area contributed by atoms with Crippen LogP contribution in [-0.4, -0.2) is 72.8 Å². The number of hydrogen-bond donors (Lipinski definition) is 2. The zero-order valence-corrected chi connectivity index (χ0v) is 15.2. The second kappa shape index (κ2) is 6.28. The molecule has 3 atom stereocenters. The number of aromatic amines is 1. The SMILES string of the molecule is CN1C[C@@H](NC(=O)N2CCOCC2)C[C@@H]2c3cccc4[nH]cc(c34)C[C@H]21. The summed E-state index contributed by atoms with van der Waals surface area (Å²) in [7, 11) is 2.20. The lowest BCUT2D eigenvalue weighted by atomic mass is 9.74. The van der Waals surface area contributed by atoms with Crippen LogP contribution in [0.1, 0.15) is 23.5 Å². The quantitative estimate of drug-likeness (QED) is 0.823. The lowest BCUT2D eigenvalue weighted by Crippen LogP contribution is -2.57. The summed E-state index contributed by atoms with van der Waals surface area (Å²) < 4.78 is 5.35. The minimum Gasteiger partial charge on any atom is -0.378 e. The standard InChI is InChI=1S/C20H26N4O2/c1-23-12-14(22-20(25)24-5-7-26-8-6-24)10-16-15-3-2-4-17-19(15)13(11-21-17)9-18(16)23/h2-4,11,14,16,18,21H,5-10,12H2,1H3,(H,22,25)/t14-,16+,18+/m0/s1. The van der Waals surface area contributed by atoms with E-state index in [1.54, 1.807) is 0 Å². The van der Waals surface area contributed by atoms with Gasteiger partial charge in [-0.3, -0.25) is 0 Å². The fourth-order valence-electron chi connectivity index (χ4n) is 5.08. The molecule has 2 aliphatic heterocycles. The Morgan fingerprint density at radius 1 is 1.31 bits per heavy atom. The Bertz CT molecular complexity index is 826. The van der Waals surface area contributed by atoms with Gasteiger partial charge in [-0.1, -0.05) is 12.1 Å². The summed E-state index contributed by atoms with van der Waals surface area (Å²) in [5, 5.41) is 4.69. The third kappa shape index (κ3) is 2.59. The topological polar surface area (TPSA) is 60.6 Å². The minimum atomic E-state index is 0.0569. The molecule has 3 heterocycles. The van der Waals surface area contributed by atoms with Gasteiger partial charge in [0.25, 0.3) is 0 Å². The van der Waals surface area contributed by atoms with E-state index in [4.69, 9.17) is 4.74 Å². The van der Waals surface area contributed by atoms with Crippen molar-refractivity contribution in [3.63, 3.8) is 0 Å². The number of fused-ring (bicyclic) bond motifs is 2. The maximum atomic E-state index is 12.6. The summed E-state index contributed by atoms with van der Waals surface area (Å²) in [5.74, 6) is 0.468. The Morgan fingerprint density at radius 2 is 2.15 bits per heavy atom. The van der Waals surface area contributed by atoms with E-state index < -0.39 is 0 Å². The van der Waals surface area contributed by atoms with Crippen LogP contribution in [0.4, 0.5) is 4.79 Å². The minimum absolute atomic E-state index is 0.0569. The number of hydrogen-bond acceptors (Lipinski definition) is 3. The second-order valence-electron chi connectivity index (χ2n) is 7.88. The van der Waals surface area contributed by atoms with Crippen molar-refractivity contribution in [2.45, 2.75) is 30.8 Å². The maximum absolute atomic E-state index is 12.6. The average Bonchev–Trinajstić information content (AvgIpc) is 3.08. The number of carbonyl (C=O) groups excluding carboxylic acids is 1. The molecule has 5 rings (SSSR count). The number of aromatic nitrogens is 1. The van der Waals surface area contributed by atoms with Crippen molar-refractivity contribution in [1.29, 1.82) is 0 Å². The van der Waals surface area contributed by atoms with Crippen LogP contribution < -0.4 is 5.32 Å². The highest BCUT2D eigenvalue weighted by atomic mass is 16.5. The molecule has 2 saturated heterocycles. The highest BCUT2D eigenvalue weighted by Gasteiger charge is 2.40. The average molecular weight is 354 g/mol. The van der Waals surface area contributed by atoms with E-state index in [0.717, 1.165) is 19.4 Å². The van der Waals surface area contributed by atoms with Gasteiger partial charge in [-0.25, -0.2) is 4.79 Å². The fourth-order valence-corrected chi connectivity index (χ4v) is 5.08. The molecule has 26 heavy (non-hydrogen) atoms. The van der Waals surface area contributed by atoms with Crippen molar-refractivity contribution in [3.8, 4) is 0 Å². The first kappa shape index (κ1) is 16.1. The molecule has 0 saturated carbocycles. The molecule has 0 unspecified atom stereocenters. The van der Waals surface area contributed by atoms with E-state index >= 15 is 0 Å². The van der Waals surface area contributed by atoms with Gasteiger partial charge in [0.15, 0.2) is 0 Å². The number of carbonyl (C=O) groups is 1. The number of urea groups is 1. The van der Waals surface area contributed by atoms with E-state index in [0.29, 0.717) is 38.3 Å². The number of nitrogens with zero attached hydrogens (tertiary/aromatic N) is 2. The Labute approximate surface area is 153 Å². The molecule has 138 valence electrons. The number of benzene rings is 1. The monoisotopic (exact) mass is 354 g/mol. The number of morpholine rings is 1. The number of amides is 2. The summed E-state index contributed by atoms with van der Waals surface area (Å²) in [4.78, 5) is 20.4. The smallest absolute Gasteiger partial charge is 0.317 e. The van der Waals surface area contributed by atoms with Gasteiger partial charge in [-0.2, -0.15) is 0 Å². The predicted molar refractivity (Wildman–Crippen MR) is 100 cm³/mol. The summed E-state index contributed by atoms with van der Waals surface area (Å²) in [6.07, 6.45) is 4.27. The first-order valence-corrected chi connectivity index (χ1v) is 9.63. The highest BCUT2D eigenvalue weighted by molar-refractivity contribution is 5.88. The number of H-pyrrole nitrogens is 1. The van der Waals surface area contributed by atoms with Crippen molar-refractivity contribution < 1.29 is 9.53 Å². The Hall–Kier alpha value is -2.05. The number of piperidine rings is 1. The van der Waals surface area contributed by atoms with Crippen LogP contribution in [0.3, 0.4) is 0 Å². The summed E-state index contributed by atoms with van der Waals surface area (Å²) in [6, 6.07) is 7.34. The van der Waals surface area contributed by atoms with Gasteiger partial charge in [0, 0.05) is 54.7 Å². The van der Waals surface area contributed by atoms with Crippen LogP contribution in [-0.2, 0) is 11.2 Å². The van der Waals surface area contributed by atoms with Gasteiger partial charge in [0.2, 0.25) is 0 Å². The molecule has 2 N–H and O–H groups in total. The molecular formula is C20H26N4O2. The van der Waals surface area contributed by atoms with Crippen LogP contribution in [0.15, 0.2) is 24.4 Å². The van der Waals surface area contributed by atoms with Gasteiger partial charge in [-0.15, -0.1) is 0 Å². The van der Waals surface area contributed by atoms with Crippen LogP contribution in [0.25, 0.3) is 10.9 Å². The maximum Gasteiger partial charge on any atom is 0.317 e. The first-order valence-electron chi connectivity index (χ1n) is 9.63. The predicted octanol–water partition coefficient (Wildman–Crippen LogP) is 1.92. The van der Waals surface area contributed by atoms with E-state index in [1.165, 1.54) is 22.0 Å². The van der Waals surface area contributed by atoms with Crippen LogP contribution >= 0.6 is 0 Å². The lowest BCUT2D eigenvalue weighted by Gasteiger charge is -2.46. The third-order valence-electron chi connectivity index (χ3n) is 6.35. The molecule has 2 amide bonds. The number of ether oxygens (including phenoxy) is 1. The van der Waals surface area contributed by atoms with E-state index in [2.05, 4.69) is 46.6 Å². The van der Waals surface area contributed by atoms with Gasteiger partial charge in [0.05, 0.1) is 13.2 Å². The highest BCUT2D eigenvalue weighted by Crippen LogP contribution is 2.42. The van der Waals surface area contributed by atoms with Crippen molar-refractivity contribution in [2.75, 3.05) is 39.9 Å². The molecule has 0 spiro atoms. The first-order chi connectivity index (χ1) is 12.7. The van der Waals surface area contributed by atoms with Crippen LogP contribution in [0, 0.1) is 0 Å². The Kier molecular flexibility index (Phi) is 3.90. The molecule has 1 aromatic heterocycles. The van der Waals surface area contributed by atoms with E-state index in [1.807, 2.05) is 4.90 Å². The molecule has 2 aromatic rings. The number of likely N-dealkylation sites (N-methyl/N-ethyl adjacent to an activating group) is 1. The normalized spacial score (nSPS) is 28.8. The molecule has 6 nitrogen and oxygen atoms in total. The Balaban J connectivity index is 1.38. The molecule has 2 fully saturated rings. The summed E-state index contributed by atoms with van der Waals surface area (Å²) in [6.45, 7) is 3.56. The van der Waals surface area contributed by atoms with Gasteiger partial charge >= 0.3 is 6.03 Å². The van der Waals surface area contributed by atoms with Crippen molar-refractivity contribution >= 4 is 16.9 Å². The third-order valence-corrected chi connectivity index (χ3v) is 6.35. The van der Waals surface area contributed by atoms with Crippen molar-refractivity contribution in [2.24, 2.45) is 0 Å². The van der Waals surface area contributed by atoms with Gasteiger partial charge in [-0.05, 0) is 37.1 Å². The zero-order valence-electron chi connectivity index (χ0n) is 15.2. The molecule has 0 bridgehead atoms. The fraction of sp³-hybridized carbons (Fsp3) is 0.550. The molecule has 1 aliphatic carbocycles. The van der Waals surface area contributed by atoms with Crippen LogP contribution in [0.2, 0.25) is 0 Å². The number of nitrogens with one attached hydrogen (secondary N) is 2. The largest absolute Gasteiger partial charge is 0.378 e. The van der Waals surface area contributed by atoms with Crippen molar-refractivity contribution in [1.82, 2.24) is 20.1 Å². The molecule has 1 aromatic carbocycles. The number of likely N-dealkylation sites (tertiary alicyclic amines) is 1. The molecule has 0 radical (unpaired) electrons. The van der Waals surface area contributed by atoms with Gasteiger partial charge in [0.1, 0.15) is 0 Å². The van der Waals surface area contributed by atoms with E-state index in [-0.39, 0.29) is 12.1 Å². The van der Waals surface area contributed by atoms with E-state index in [9.17, 15) is 4.79 Å². The van der Waals surface area contributed by atoms with Gasteiger partial charge < -0.3 is 24.8 Å². The lowest BCUT2D eigenvalue weighted by molar-refractivity contribution is 0.0503. The second-order valence-corrected chi connectivity index (χ2v) is 7.88. The molecule has 6 heteroatoms. The molecular weight excluding hydrogens is 328 g/mol. The number of rotatable bonds is 1. The molecule has 3 aliphatic rings.